The zero-order valence-corrected chi connectivity index (χ0v) is 26.3. The molecule has 0 aliphatic heterocycles. The first-order valence-electron chi connectivity index (χ1n) is 16.7. The van der Waals surface area contributed by atoms with Crippen LogP contribution in [-0.4, -0.2) is 0 Å². The van der Waals surface area contributed by atoms with Crippen LogP contribution >= 0.6 is 0 Å². The third-order valence-electron chi connectivity index (χ3n) is 10.2. The Labute approximate surface area is 279 Å². The molecule has 10 aromatic rings. The molecule has 0 saturated carbocycles. The van der Waals surface area contributed by atoms with E-state index in [0.29, 0.717) is 0 Å². The highest BCUT2D eigenvalue weighted by atomic mass is 14.2. The molecular formula is C48H30. The summed E-state index contributed by atoms with van der Waals surface area (Å²) in [6.07, 6.45) is 0. The monoisotopic (exact) mass is 606 g/mol. The molecule has 10 rings (SSSR count). The highest BCUT2D eigenvalue weighted by molar-refractivity contribution is 6.26. The average Bonchev–Trinajstić information content (AvgIpc) is 3.17. The summed E-state index contributed by atoms with van der Waals surface area (Å²) in [5.74, 6) is 0. The lowest BCUT2D eigenvalue weighted by atomic mass is 9.87. The van der Waals surface area contributed by atoms with Crippen LogP contribution < -0.4 is 0 Å². The molecule has 0 bridgehead atoms. The summed E-state index contributed by atoms with van der Waals surface area (Å²) in [4.78, 5) is 0. The molecule has 0 saturated heterocycles. The molecule has 0 spiro atoms. The van der Waals surface area contributed by atoms with E-state index in [9.17, 15) is 0 Å². The van der Waals surface area contributed by atoms with E-state index in [1.54, 1.807) is 0 Å². The van der Waals surface area contributed by atoms with Gasteiger partial charge in [0.2, 0.25) is 0 Å². The lowest BCUT2D eigenvalue weighted by Crippen LogP contribution is -1.89. The first kappa shape index (κ1) is 26.9. The maximum atomic E-state index is 2.42. The molecule has 48 heavy (non-hydrogen) atoms. The molecule has 0 radical (unpaired) electrons. The molecule has 0 amide bonds. The number of benzene rings is 10. The number of hydrogen-bond donors (Lipinski definition) is 0. The summed E-state index contributed by atoms with van der Waals surface area (Å²) in [6, 6.07) is 67.2. The average molecular weight is 607 g/mol. The van der Waals surface area contributed by atoms with Gasteiger partial charge in [-0.15, -0.1) is 0 Å². The number of fused-ring (bicyclic) bond motifs is 9. The van der Waals surface area contributed by atoms with Gasteiger partial charge >= 0.3 is 0 Å². The minimum Gasteiger partial charge on any atom is -0.0616 e. The zero-order valence-electron chi connectivity index (χ0n) is 26.3. The molecule has 0 atom stereocenters. The summed E-state index contributed by atoms with van der Waals surface area (Å²) < 4.78 is 0. The Balaban J connectivity index is 1.24. The summed E-state index contributed by atoms with van der Waals surface area (Å²) in [7, 11) is 0. The minimum atomic E-state index is 1.22. The Hall–Kier alpha value is -6.24. The largest absolute Gasteiger partial charge is 0.0616 e. The van der Waals surface area contributed by atoms with Crippen molar-refractivity contribution in [1.29, 1.82) is 0 Å². The number of rotatable bonds is 3. The van der Waals surface area contributed by atoms with Gasteiger partial charge in [0, 0.05) is 0 Å². The molecule has 0 N–H and O–H groups in total. The van der Waals surface area contributed by atoms with Crippen LogP contribution in [0.25, 0.3) is 98.0 Å². The second-order valence-electron chi connectivity index (χ2n) is 12.9. The van der Waals surface area contributed by atoms with E-state index in [1.807, 2.05) is 0 Å². The van der Waals surface area contributed by atoms with E-state index >= 15 is 0 Å². The fraction of sp³-hybridized carbons (Fsp3) is 0. The van der Waals surface area contributed by atoms with E-state index in [2.05, 4.69) is 182 Å². The normalized spacial score (nSPS) is 11.8. The smallest absolute Gasteiger partial charge is 0.00928 e. The first-order chi connectivity index (χ1) is 23.8. The molecular weight excluding hydrogens is 577 g/mol. The quantitative estimate of drug-likeness (QED) is 0.176. The summed E-state index contributed by atoms with van der Waals surface area (Å²) in [6.45, 7) is 0. The lowest BCUT2D eigenvalue weighted by molar-refractivity contribution is 1.64. The highest BCUT2D eigenvalue weighted by Gasteiger charge is 2.15. The summed E-state index contributed by atoms with van der Waals surface area (Å²) in [5, 5.41) is 15.4. The third-order valence-corrected chi connectivity index (χ3v) is 10.2. The maximum absolute atomic E-state index is 2.42. The van der Waals surface area contributed by atoms with Gasteiger partial charge < -0.3 is 0 Å². The van der Waals surface area contributed by atoms with Gasteiger partial charge in [0.05, 0.1) is 0 Å². The van der Waals surface area contributed by atoms with E-state index in [1.165, 1.54) is 98.0 Å². The summed E-state index contributed by atoms with van der Waals surface area (Å²) in [5.41, 5.74) is 7.45. The van der Waals surface area contributed by atoms with E-state index in [4.69, 9.17) is 0 Å². The predicted octanol–water partition coefficient (Wildman–Crippen LogP) is 13.6. The second-order valence-corrected chi connectivity index (χ2v) is 12.9. The van der Waals surface area contributed by atoms with Crippen molar-refractivity contribution < 1.29 is 0 Å². The van der Waals surface area contributed by atoms with Crippen molar-refractivity contribution in [2.45, 2.75) is 0 Å². The maximum Gasteiger partial charge on any atom is -0.00928 e. The van der Waals surface area contributed by atoms with Crippen LogP contribution in [0, 0.1) is 0 Å². The Kier molecular flexibility index (Phi) is 5.98. The van der Waals surface area contributed by atoms with Crippen molar-refractivity contribution in [2.75, 3.05) is 0 Å². The Bertz CT molecular complexity index is 2850. The molecule has 0 heterocycles. The standard InChI is InChI=1S/C48H30/c1-2-12-33-28-36(21-20-31(33)10-1)38-26-27-44(39-19-9-13-32-11-3-4-14-37(32)39)46-25-23-34(29-47(38)46)35-22-24-45-42-17-6-5-15-40(42)41-16-7-8-18-43(41)48(45)30-35/h1-30H. The van der Waals surface area contributed by atoms with Crippen molar-refractivity contribution in [1.82, 2.24) is 0 Å². The molecule has 0 aliphatic rings. The molecule has 222 valence electrons. The molecule has 0 aromatic heterocycles. The van der Waals surface area contributed by atoms with Crippen LogP contribution in [-0.2, 0) is 0 Å². The van der Waals surface area contributed by atoms with Crippen LogP contribution in [0.3, 0.4) is 0 Å². The van der Waals surface area contributed by atoms with E-state index in [0.717, 1.165) is 0 Å². The van der Waals surface area contributed by atoms with Crippen molar-refractivity contribution in [3.63, 3.8) is 0 Å². The lowest BCUT2D eigenvalue weighted by Gasteiger charge is -2.16. The van der Waals surface area contributed by atoms with Crippen LogP contribution in [0.2, 0.25) is 0 Å². The van der Waals surface area contributed by atoms with Gasteiger partial charge in [0.15, 0.2) is 0 Å². The SMILES string of the molecule is c1ccc2cc(-c3ccc(-c4cccc5ccccc45)c4ccc(-c5ccc6c7ccccc7c7ccccc7c6c5)cc34)ccc2c1. The Morgan fingerprint density at radius 1 is 0.188 bits per heavy atom. The van der Waals surface area contributed by atoms with Crippen LogP contribution in [0.15, 0.2) is 182 Å². The molecule has 10 aromatic carbocycles. The van der Waals surface area contributed by atoms with Crippen LogP contribution in [0.1, 0.15) is 0 Å². The molecule has 0 nitrogen and oxygen atoms in total. The van der Waals surface area contributed by atoms with E-state index < -0.39 is 0 Å². The topological polar surface area (TPSA) is 0 Å². The number of hydrogen-bond acceptors (Lipinski definition) is 0. The van der Waals surface area contributed by atoms with Gasteiger partial charge in [-0.2, -0.15) is 0 Å². The molecule has 0 unspecified atom stereocenters. The zero-order chi connectivity index (χ0) is 31.6. The third kappa shape index (κ3) is 4.16. The van der Waals surface area contributed by atoms with E-state index in [-0.39, 0.29) is 0 Å². The Morgan fingerprint density at radius 3 is 1.40 bits per heavy atom. The predicted molar refractivity (Wildman–Crippen MR) is 208 cm³/mol. The van der Waals surface area contributed by atoms with Gasteiger partial charge in [0.1, 0.15) is 0 Å². The molecule has 0 aliphatic carbocycles. The van der Waals surface area contributed by atoms with Crippen molar-refractivity contribution in [3.05, 3.63) is 182 Å². The van der Waals surface area contributed by atoms with Gasteiger partial charge in [-0.3, -0.25) is 0 Å². The van der Waals surface area contributed by atoms with Crippen molar-refractivity contribution >= 4 is 64.6 Å². The fourth-order valence-corrected chi connectivity index (χ4v) is 7.92. The van der Waals surface area contributed by atoms with Gasteiger partial charge in [0.25, 0.3) is 0 Å². The van der Waals surface area contributed by atoms with Gasteiger partial charge in [-0.05, 0) is 116 Å². The molecule has 0 heteroatoms. The van der Waals surface area contributed by atoms with Crippen molar-refractivity contribution in [2.24, 2.45) is 0 Å². The van der Waals surface area contributed by atoms with Crippen LogP contribution in [0.5, 0.6) is 0 Å². The molecule has 0 fully saturated rings. The minimum absolute atomic E-state index is 1.22. The fourth-order valence-electron chi connectivity index (χ4n) is 7.92. The second kappa shape index (κ2) is 10.7. The Morgan fingerprint density at radius 2 is 0.667 bits per heavy atom. The van der Waals surface area contributed by atoms with Crippen LogP contribution in [0.4, 0.5) is 0 Å². The summed E-state index contributed by atoms with van der Waals surface area (Å²) >= 11 is 0. The van der Waals surface area contributed by atoms with Crippen molar-refractivity contribution in [3.8, 4) is 33.4 Å². The first-order valence-corrected chi connectivity index (χ1v) is 16.7. The highest BCUT2D eigenvalue weighted by Crippen LogP contribution is 2.42. The van der Waals surface area contributed by atoms with Gasteiger partial charge in [-0.1, -0.05) is 164 Å². The van der Waals surface area contributed by atoms with Gasteiger partial charge in [-0.25, -0.2) is 0 Å².